The number of hydrogen-bond acceptors (Lipinski definition) is 5. The Hall–Kier alpha value is -2.63. The van der Waals surface area contributed by atoms with Crippen molar-refractivity contribution in [3.8, 4) is 11.8 Å². The van der Waals surface area contributed by atoms with Crippen LogP contribution >= 0.6 is 0 Å². The van der Waals surface area contributed by atoms with Crippen LogP contribution in [0.4, 0.5) is 0 Å². The monoisotopic (exact) mass is 299 g/mol. The van der Waals surface area contributed by atoms with Crippen molar-refractivity contribution in [3.05, 3.63) is 48.8 Å². The minimum Gasteiger partial charge on any atom is -0.484 e. The summed E-state index contributed by atoms with van der Waals surface area (Å²) >= 11 is 0. The lowest BCUT2D eigenvalue weighted by Gasteiger charge is -2.17. The molecule has 1 aromatic heterocycles. The van der Waals surface area contributed by atoms with Gasteiger partial charge < -0.3 is 14.4 Å². The molecule has 6 heteroatoms. The molecule has 0 saturated carbocycles. The SMILES string of the molecule is O=C(COc1ccccc1)N1CC[C@@H](Oc2ncccn2)C1. The van der Waals surface area contributed by atoms with Crippen molar-refractivity contribution in [2.45, 2.75) is 12.5 Å². The van der Waals surface area contributed by atoms with Gasteiger partial charge in [-0.05, 0) is 18.2 Å². The van der Waals surface area contributed by atoms with Crippen LogP contribution in [0.3, 0.4) is 0 Å². The number of likely N-dealkylation sites (tertiary alicyclic amines) is 1. The van der Waals surface area contributed by atoms with Crippen molar-refractivity contribution >= 4 is 5.91 Å². The zero-order valence-electron chi connectivity index (χ0n) is 12.1. The molecule has 1 aromatic carbocycles. The van der Waals surface area contributed by atoms with Crippen LogP contribution in [0, 0.1) is 0 Å². The Morgan fingerprint density at radius 2 is 1.95 bits per heavy atom. The van der Waals surface area contributed by atoms with Crippen LogP contribution < -0.4 is 9.47 Å². The van der Waals surface area contributed by atoms with Crippen molar-refractivity contribution in [2.75, 3.05) is 19.7 Å². The molecule has 0 radical (unpaired) electrons. The van der Waals surface area contributed by atoms with E-state index < -0.39 is 0 Å². The summed E-state index contributed by atoms with van der Waals surface area (Å²) in [6.45, 7) is 1.24. The standard InChI is InChI=1S/C16H17N3O3/c20-15(12-21-13-5-2-1-3-6-13)19-10-7-14(11-19)22-16-17-8-4-9-18-16/h1-6,8-9,14H,7,10-12H2/t14-/m1/s1. The van der Waals surface area contributed by atoms with Gasteiger partial charge in [0.2, 0.25) is 0 Å². The number of rotatable bonds is 5. The average Bonchev–Trinajstić information content (AvgIpc) is 3.03. The van der Waals surface area contributed by atoms with E-state index in [1.807, 2.05) is 30.3 Å². The Labute approximate surface area is 128 Å². The maximum absolute atomic E-state index is 12.1. The van der Waals surface area contributed by atoms with Crippen LogP contribution in [0.2, 0.25) is 0 Å². The van der Waals surface area contributed by atoms with Crippen molar-refractivity contribution < 1.29 is 14.3 Å². The van der Waals surface area contributed by atoms with E-state index in [9.17, 15) is 4.79 Å². The molecule has 3 rings (SSSR count). The lowest BCUT2D eigenvalue weighted by Crippen LogP contribution is -2.34. The smallest absolute Gasteiger partial charge is 0.316 e. The van der Waals surface area contributed by atoms with Gasteiger partial charge in [-0.1, -0.05) is 18.2 Å². The zero-order valence-corrected chi connectivity index (χ0v) is 12.1. The van der Waals surface area contributed by atoms with Crippen LogP contribution in [0.25, 0.3) is 0 Å². The van der Waals surface area contributed by atoms with Gasteiger partial charge in [-0.15, -0.1) is 0 Å². The average molecular weight is 299 g/mol. The lowest BCUT2D eigenvalue weighted by molar-refractivity contribution is -0.132. The summed E-state index contributed by atoms with van der Waals surface area (Å²) in [6, 6.07) is 11.4. The number of carbonyl (C=O) groups excluding carboxylic acids is 1. The Kier molecular flexibility index (Phi) is 4.48. The third kappa shape index (κ3) is 3.72. The molecule has 1 aliphatic rings. The predicted molar refractivity (Wildman–Crippen MR) is 79.6 cm³/mol. The number of carbonyl (C=O) groups is 1. The normalized spacial score (nSPS) is 17.3. The first-order valence-electron chi connectivity index (χ1n) is 7.20. The van der Waals surface area contributed by atoms with Gasteiger partial charge in [-0.25, -0.2) is 9.97 Å². The van der Waals surface area contributed by atoms with E-state index in [4.69, 9.17) is 9.47 Å². The van der Waals surface area contributed by atoms with Crippen molar-refractivity contribution in [1.82, 2.24) is 14.9 Å². The highest BCUT2D eigenvalue weighted by Gasteiger charge is 2.28. The van der Waals surface area contributed by atoms with Gasteiger partial charge in [0.05, 0.1) is 6.54 Å². The minimum absolute atomic E-state index is 0.0380. The van der Waals surface area contributed by atoms with E-state index in [1.165, 1.54) is 0 Å². The molecule has 1 amide bonds. The van der Waals surface area contributed by atoms with E-state index in [1.54, 1.807) is 23.4 Å². The zero-order chi connectivity index (χ0) is 15.2. The van der Waals surface area contributed by atoms with Crippen molar-refractivity contribution in [2.24, 2.45) is 0 Å². The second-order valence-electron chi connectivity index (χ2n) is 5.00. The highest BCUT2D eigenvalue weighted by molar-refractivity contribution is 5.78. The Bertz CT molecular complexity index is 607. The summed E-state index contributed by atoms with van der Waals surface area (Å²) in [5, 5.41) is 0. The van der Waals surface area contributed by atoms with E-state index in [0.29, 0.717) is 24.8 Å². The quantitative estimate of drug-likeness (QED) is 0.838. The Morgan fingerprint density at radius 1 is 1.18 bits per heavy atom. The van der Waals surface area contributed by atoms with Crippen molar-refractivity contribution in [3.63, 3.8) is 0 Å². The van der Waals surface area contributed by atoms with Crippen molar-refractivity contribution in [1.29, 1.82) is 0 Å². The second kappa shape index (κ2) is 6.89. The molecular weight excluding hydrogens is 282 g/mol. The Balaban J connectivity index is 1.46. The molecule has 114 valence electrons. The molecular formula is C16H17N3O3. The van der Waals surface area contributed by atoms with Gasteiger partial charge in [-0.2, -0.15) is 0 Å². The third-order valence-electron chi connectivity index (χ3n) is 3.42. The molecule has 22 heavy (non-hydrogen) atoms. The van der Waals surface area contributed by atoms with Gasteiger partial charge in [0, 0.05) is 25.4 Å². The Morgan fingerprint density at radius 3 is 2.73 bits per heavy atom. The first-order chi connectivity index (χ1) is 10.8. The van der Waals surface area contributed by atoms with E-state index in [2.05, 4.69) is 9.97 Å². The van der Waals surface area contributed by atoms with Gasteiger partial charge in [0.15, 0.2) is 6.61 Å². The fraction of sp³-hybridized carbons (Fsp3) is 0.312. The molecule has 1 saturated heterocycles. The predicted octanol–water partition coefficient (Wildman–Crippen LogP) is 1.54. The molecule has 2 heterocycles. The molecule has 6 nitrogen and oxygen atoms in total. The summed E-state index contributed by atoms with van der Waals surface area (Å²) in [5.41, 5.74) is 0. The highest BCUT2D eigenvalue weighted by Crippen LogP contribution is 2.15. The number of benzene rings is 1. The van der Waals surface area contributed by atoms with Gasteiger partial charge in [0.25, 0.3) is 5.91 Å². The van der Waals surface area contributed by atoms with Gasteiger partial charge in [-0.3, -0.25) is 4.79 Å². The van der Waals surface area contributed by atoms with Crippen LogP contribution in [-0.2, 0) is 4.79 Å². The maximum Gasteiger partial charge on any atom is 0.316 e. The number of amides is 1. The minimum atomic E-state index is -0.0666. The molecule has 0 unspecified atom stereocenters. The van der Waals surface area contributed by atoms with Crippen LogP contribution in [0.15, 0.2) is 48.8 Å². The largest absolute Gasteiger partial charge is 0.484 e. The molecule has 0 N–H and O–H groups in total. The molecule has 1 fully saturated rings. The molecule has 1 atom stereocenters. The lowest BCUT2D eigenvalue weighted by atomic mass is 10.3. The fourth-order valence-electron chi connectivity index (χ4n) is 2.30. The number of para-hydroxylation sites is 1. The first-order valence-corrected chi connectivity index (χ1v) is 7.20. The number of hydrogen-bond donors (Lipinski definition) is 0. The molecule has 1 aliphatic heterocycles. The maximum atomic E-state index is 12.1. The summed E-state index contributed by atoms with van der Waals surface area (Å²) in [5.74, 6) is 0.657. The molecule has 0 spiro atoms. The molecule has 0 bridgehead atoms. The summed E-state index contributed by atoms with van der Waals surface area (Å²) in [4.78, 5) is 21.9. The van der Waals surface area contributed by atoms with E-state index in [-0.39, 0.29) is 18.6 Å². The van der Waals surface area contributed by atoms with Gasteiger partial charge in [0.1, 0.15) is 11.9 Å². The van der Waals surface area contributed by atoms with Crippen LogP contribution in [-0.4, -0.2) is 46.6 Å². The number of ether oxygens (including phenoxy) is 2. The molecule has 2 aromatic rings. The number of aromatic nitrogens is 2. The second-order valence-corrected chi connectivity index (χ2v) is 5.00. The summed E-state index contributed by atoms with van der Waals surface area (Å²) < 4.78 is 11.1. The van der Waals surface area contributed by atoms with Crippen LogP contribution in [0.1, 0.15) is 6.42 Å². The van der Waals surface area contributed by atoms with Gasteiger partial charge >= 0.3 is 6.01 Å². The van der Waals surface area contributed by atoms with E-state index >= 15 is 0 Å². The third-order valence-corrected chi connectivity index (χ3v) is 3.42. The highest BCUT2D eigenvalue weighted by atomic mass is 16.5. The first kappa shape index (κ1) is 14.3. The topological polar surface area (TPSA) is 64.5 Å². The van der Waals surface area contributed by atoms with Crippen LogP contribution in [0.5, 0.6) is 11.8 Å². The number of nitrogens with zero attached hydrogens (tertiary/aromatic N) is 3. The fourth-order valence-corrected chi connectivity index (χ4v) is 2.30. The summed E-state index contributed by atoms with van der Waals surface area (Å²) in [7, 11) is 0. The van der Waals surface area contributed by atoms with E-state index in [0.717, 1.165) is 6.42 Å². The molecule has 0 aliphatic carbocycles. The summed E-state index contributed by atoms with van der Waals surface area (Å²) in [6.07, 6.45) is 3.97.